The van der Waals surface area contributed by atoms with E-state index < -0.39 is 17.6 Å². The van der Waals surface area contributed by atoms with Crippen LogP contribution in [-0.4, -0.2) is 34.5 Å². The lowest BCUT2D eigenvalue weighted by atomic mass is 10.0. The Hall–Kier alpha value is -3.07. The van der Waals surface area contributed by atoms with Crippen LogP contribution in [0.2, 0.25) is 5.02 Å². The Kier molecular flexibility index (Phi) is 4.70. The number of nitrogens with zero attached hydrogens (tertiary/aromatic N) is 2. The normalized spacial score (nSPS) is 13.1. The molecule has 1 aliphatic heterocycles. The van der Waals surface area contributed by atoms with Crippen LogP contribution < -0.4 is 10.6 Å². The molecule has 150 valence electrons. The van der Waals surface area contributed by atoms with E-state index in [1.54, 1.807) is 6.07 Å². The molecule has 0 saturated heterocycles. The third-order valence-electron chi connectivity index (χ3n) is 4.72. The summed E-state index contributed by atoms with van der Waals surface area (Å²) < 4.78 is 39.6. The number of nitrogens with one attached hydrogen (secondary N) is 3. The molecule has 29 heavy (non-hydrogen) atoms. The third-order valence-corrected chi connectivity index (χ3v) is 5.05. The van der Waals surface area contributed by atoms with Crippen molar-refractivity contribution in [2.24, 2.45) is 0 Å². The number of halogens is 4. The Morgan fingerprint density at radius 3 is 2.76 bits per heavy atom. The second-order valence-electron chi connectivity index (χ2n) is 6.47. The molecule has 1 amide bonds. The first-order valence-corrected chi connectivity index (χ1v) is 9.07. The van der Waals surface area contributed by atoms with Crippen molar-refractivity contribution in [1.82, 2.24) is 20.3 Å². The number of carbonyl (C=O) groups excluding carboxylic acids is 1. The minimum absolute atomic E-state index is 0.0789. The number of amides is 1. The molecular formula is C19H15ClF3N5O. The van der Waals surface area contributed by atoms with Gasteiger partial charge in [0, 0.05) is 29.7 Å². The molecule has 0 saturated carbocycles. The second-order valence-corrected chi connectivity index (χ2v) is 6.88. The number of fused-ring (bicyclic) bond motifs is 1. The van der Waals surface area contributed by atoms with E-state index in [-0.39, 0.29) is 21.8 Å². The number of aromatic nitrogens is 3. The fourth-order valence-electron chi connectivity index (χ4n) is 3.34. The van der Waals surface area contributed by atoms with E-state index in [1.807, 2.05) is 0 Å². The molecule has 0 aliphatic carbocycles. The van der Waals surface area contributed by atoms with Gasteiger partial charge in [-0.05, 0) is 30.7 Å². The molecule has 2 aromatic heterocycles. The summed E-state index contributed by atoms with van der Waals surface area (Å²) in [4.78, 5) is 24.0. The molecule has 0 unspecified atom stereocenters. The predicted octanol–water partition coefficient (Wildman–Crippen LogP) is 4.14. The van der Waals surface area contributed by atoms with Crippen molar-refractivity contribution in [2.75, 3.05) is 18.9 Å². The Bertz CT molecular complexity index is 1110. The van der Waals surface area contributed by atoms with Gasteiger partial charge in [0.2, 0.25) is 0 Å². The maximum Gasteiger partial charge on any atom is 0.416 e. The summed E-state index contributed by atoms with van der Waals surface area (Å²) in [6.45, 7) is 0.705. The summed E-state index contributed by atoms with van der Waals surface area (Å²) in [5.74, 6) is 0.240. The SMILES string of the molecule is CNC(=O)c1cc(-c2ncnc3c2CCN3)[nH]c1-c1cc(C(F)(F)F)ccc1Cl. The van der Waals surface area contributed by atoms with Gasteiger partial charge in [-0.2, -0.15) is 13.2 Å². The Balaban J connectivity index is 1.91. The van der Waals surface area contributed by atoms with Crippen molar-refractivity contribution >= 4 is 23.3 Å². The average molecular weight is 422 g/mol. The van der Waals surface area contributed by atoms with Gasteiger partial charge in [0.1, 0.15) is 12.1 Å². The summed E-state index contributed by atoms with van der Waals surface area (Å²) in [5, 5.41) is 5.73. The number of rotatable bonds is 3. The van der Waals surface area contributed by atoms with Gasteiger partial charge in [-0.15, -0.1) is 0 Å². The number of H-pyrrole nitrogens is 1. The van der Waals surface area contributed by atoms with Crippen molar-refractivity contribution in [2.45, 2.75) is 12.6 Å². The van der Waals surface area contributed by atoms with Gasteiger partial charge in [-0.1, -0.05) is 11.6 Å². The average Bonchev–Trinajstić information content (AvgIpc) is 3.33. The minimum Gasteiger partial charge on any atom is -0.369 e. The zero-order valence-electron chi connectivity index (χ0n) is 15.1. The van der Waals surface area contributed by atoms with Crippen LogP contribution in [0, 0.1) is 0 Å². The molecule has 3 N–H and O–H groups in total. The first kappa shape index (κ1) is 19.3. The van der Waals surface area contributed by atoms with Crippen LogP contribution in [0.4, 0.5) is 19.0 Å². The number of alkyl halides is 3. The van der Waals surface area contributed by atoms with Gasteiger partial charge in [-0.3, -0.25) is 4.79 Å². The van der Waals surface area contributed by atoms with E-state index in [4.69, 9.17) is 11.6 Å². The molecule has 6 nitrogen and oxygen atoms in total. The second kappa shape index (κ2) is 7.07. The third kappa shape index (κ3) is 3.42. The zero-order chi connectivity index (χ0) is 20.8. The highest BCUT2D eigenvalue weighted by Crippen LogP contribution is 2.39. The van der Waals surface area contributed by atoms with Gasteiger partial charge in [0.15, 0.2) is 0 Å². The van der Waals surface area contributed by atoms with Crippen LogP contribution in [0.3, 0.4) is 0 Å². The number of carbonyl (C=O) groups is 1. The van der Waals surface area contributed by atoms with E-state index >= 15 is 0 Å². The number of hydrogen-bond acceptors (Lipinski definition) is 4. The van der Waals surface area contributed by atoms with Crippen molar-refractivity contribution in [3.63, 3.8) is 0 Å². The lowest BCUT2D eigenvalue weighted by Gasteiger charge is -2.11. The smallest absolute Gasteiger partial charge is 0.369 e. The lowest BCUT2D eigenvalue weighted by molar-refractivity contribution is -0.137. The number of hydrogen-bond donors (Lipinski definition) is 3. The Labute approximate surface area is 168 Å². The largest absolute Gasteiger partial charge is 0.416 e. The van der Waals surface area contributed by atoms with Crippen LogP contribution in [-0.2, 0) is 12.6 Å². The maximum atomic E-state index is 13.2. The predicted molar refractivity (Wildman–Crippen MR) is 103 cm³/mol. The van der Waals surface area contributed by atoms with Gasteiger partial charge in [0.05, 0.1) is 28.2 Å². The topological polar surface area (TPSA) is 82.7 Å². The van der Waals surface area contributed by atoms with E-state index in [1.165, 1.54) is 19.4 Å². The minimum atomic E-state index is -4.54. The molecule has 0 spiro atoms. The van der Waals surface area contributed by atoms with E-state index in [9.17, 15) is 18.0 Å². The highest BCUT2D eigenvalue weighted by Gasteiger charge is 2.32. The van der Waals surface area contributed by atoms with Gasteiger partial charge >= 0.3 is 6.18 Å². The summed E-state index contributed by atoms with van der Waals surface area (Å²) >= 11 is 6.20. The quantitative estimate of drug-likeness (QED) is 0.593. The van der Waals surface area contributed by atoms with Crippen molar-refractivity contribution in [3.05, 3.63) is 52.3 Å². The Morgan fingerprint density at radius 2 is 2.03 bits per heavy atom. The summed E-state index contributed by atoms with van der Waals surface area (Å²) in [5.41, 5.74) is 1.53. The van der Waals surface area contributed by atoms with Gasteiger partial charge < -0.3 is 15.6 Å². The number of anilines is 1. The summed E-state index contributed by atoms with van der Waals surface area (Å²) in [6.07, 6.45) is -2.45. The molecule has 0 radical (unpaired) electrons. The molecule has 3 aromatic rings. The maximum absolute atomic E-state index is 13.2. The highest BCUT2D eigenvalue weighted by molar-refractivity contribution is 6.33. The fraction of sp³-hybridized carbons (Fsp3) is 0.211. The van der Waals surface area contributed by atoms with E-state index in [0.29, 0.717) is 30.2 Å². The summed E-state index contributed by atoms with van der Waals surface area (Å²) in [6, 6.07) is 4.56. The van der Waals surface area contributed by atoms with E-state index in [0.717, 1.165) is 17.7 Å². The molecular weight excluding hydrogens is 407 g/mol. The van der Waals surface area contributed by atoms with Crippen LogP contribution >= 0.6 is 11.6 Å². The molecule has 1 aromatic carbocycles. The number of benzene rings is 1. The van der Waals surface area contributed by atoms with Crippen molar-refractivity contribution < 1.29 is 18.0 Å². The first-order valence-electron chi connectivity index (χ1n) is 8.70. The molecule has 4 rings (SSSR count). The molecule has 0 bridgehead atoms. The lowest BCUT2D eigenvalue weighted by Crippen LogP contribution is -2.18. The molecule has 3 heterocycles. The monoisotopic (exact) mass is 421 g/mol. The van der Waals surface area contributed by atoms with Crippen LogP contribution in [0.1, 0.15) is 21.5 Å². The van der Waals surface area contributed by atoms with Crippen LogP contribution in [0.25, 0.3) is 22.6 Å². The molecule has 10 heteroatoms. The zero-order valence-corrected chi connectivity index (χ0v) is 15.9. The molecule has 0 atom stereocenters. The van der Waals surface area contributed by atoms with Crippen molar-refractivity contribution in [3.8, 4) is 22.6 Å². The molecule has 1 aliphatic rings. The fourth-order valence-corrected chi connectivity index (χ4v) is 3.55. The van der Waals surface area contributed by atoms with Crippen molar-refractivity contribution in [1.29, 1.82) is 0 Å². The Morgan fingerprint density at radius 1 is 1.24 bits per heavy atom. The standard InChI is InChI=1S/C19H15ClF3N5O/c1-24-18(29)12-7-14(16-10-4-5-25-17(10)27-8-26-16)28-15(12)11-6-9(19(21,22)23)2-3-13(11)20/h2-3,6-8,28H,4-5H2,1H3,(H,24,29)(H,25,26,27). The number of aromatic amines is 1. The highest BCUT2D eigenvalue weighted by atomic mass is 35.5. The van der Waals surface area contributed by atoms with Crippen LogP contribution in [0.5, 0.6) is 0 Å². The molecule has 0 fully saturated rings. The van der Waals surface area contributed by atoms with Gasteiger partial charge in [-0.25, -0.2) is 9.97 Å². The first-order chi connectivity index (χ1) is 13.8. The van der Waals surface area contributed by atoms with Gasteiger partial charge in [0.25, 0.3) is 5.91 Å². The van der Waals surface area contributed by atoms with Crippen LogP contribution in [0.15, 0.2) is 30.6 Å². The summed E-state index contributed by atoms with van der Waals surface area (Å²) in [7, 11) is 1.44. The van der Waals surface area contributed by atoms with E-state index in [2.05, 4.69) is 25.6 Å².